The van der Waals surface area contributed by atoms with Gasteiger partial charge in [-0.2, -0.15) is 0 Å². The van der Waals surface area contributed by atoms with Gasteiger partial charge in [-0.25, -0.2) is 9.97 Å². The van der Waals surface area contributed by atoms with E-state index in [2.05, 4.69) is 23.0 Å². The molecule has 1 aromatic heterocycles. The Balaban J connectivity index is 2.39. The molecule has 1 aromatic carbocycles. The number of hydrogen-bond donors (Lipinski definition) is 0. The zero-order valence-electron chi connectivity index (χ0n) is 7.65. The van der Waals surface area contributed by atoms with Crippen LogP contribution >= 0.6 is 23.5 Å². The Bertz CT molecular complexity index is 511. The Hall–Kier alpha value is -0.740. The highest BCUT2D eigenvalue weighted by molar-refractivity contribution is 8.18. The lowest BCUT2D eigenvalue weighted by molar-refractivity contribution is 0.978. The summed E-state index contributed by atoms with van der Waals surface area (Å²) in [7, 11) is 0. The monoisotopic (exact) mass is 220 g/mol. The molecule has 1 aliphatic heterocycles. The van der Waals surface area contributed by atoms with E-state index in [1.165, 1.54) is 5.56 Å². The van der Waals surface area contributed by atoms with Crippen LogP contribution in [0.5, 0.6) is 0 Å². The second kappa shape index (κ2) is 3.14. The van der Waals surface area contributed by atoms with Crippen molar-refractivity contribution in [3.05, 3.63) is 23.8 Å². The highest BCUT2D eigenvalue weighted by Crippen LogP contribution is 2.39. The van der Waals surface area contributed by atoms with Crippen LogP contribution in [0.25, 0.3) is 11.0 Å². The molecule has 0 radical (unpaired) electrons. The van der Waals surface area contributed by atoms with E-state index in [1.807, 2.05) is 12.1 Å². The molecule has 0 aliphatic carbocycles. The molecule has 0 saturated carbocycles. The zero-order valence-corrected chi connectivity index (χ0v) is 9.28. The smallest absolute Gasteiger partial charge is 0.130 e. The first-order valence-corrected chi connectivity index (χ1v) is 6.35. The Kier molecular flexibility index (Phi) is 1.92. The van der Waals surface area contributed by atoms with Gasteiger partial charge in [0.15, 0.2) is 0 Å². The summed E-state index contributed by atoms with van der Waals surface area (Å²) >= 11 is 3.56. The molecule has 4 heteroatoms. The maximum atomic E-state index is 4.63. The van der Waals surface area contributed by atoms with Gasteiger partial charge in [0.05, 0.1) is 16.1 Å². The minimum absolute atomic E-state index is 1.01. The molecule has 2 nitrogen and oxygen atoms in total. The average Bonchev–Trinajstić information content (AvgIpc) is 2.62. The summed E-state index contributed by atoms with van der Waals surface area (Å²) in [6.07, 6.45) is 0. The lowest BCUT2D eigenvalue weighted by atomic mass is 10.2. The van der Waals surface area contributed by atoms with Crippen LogP contribution in [0.15, 0.2) is 28.3 Å². The molecule has 1 aliphatic rings. The topological polar surface area (TPSA) is 25.8 Å². The van der Waals surface area contributed by atoms with Gasteiger partial charge in [0, 0.05) is 0 Å². The van der Waals surface area contributed by atoms with Gasteiger partial charge in [0.1, 0.15) is 10.1 Å². The van der Waals surface area contributed by atoms with Crippen molar-refractivity contribution < 1.29 is 0 Å². The van der Waals surface area contributed by atoms with Crippen LogP contribution in [0, 0.1) is 6.92 Å². The van der Waals surface area contributed by atoms with Crippen LogP contribution in [0.2, 0.25) is 0 Å². The van der Waals surface area contributed by atoms with Crippen molar-refractivity contribution in [3.63, 3.8) is 0 Å². The van der Waals surface area contributed by atoms with Crippen LogP contribution in [-0.4, -0.2) is 15.1 Å². The van der Waals surface area contributed by atoms with Crippen molar-refractivity contribution in [1.82, 2.24) is 9.97 Å². The van der Waals surface area contributed by atoms with Crippen LogP contribution in [0.3, 0.4) is 0 Å². The molecular formula is C10H8N2S2. The van der Waals surface area contributed by atoms with Crippen LogP contribution in [0.1, 0.15) is 5.56 Å². The number of para-hydroxylation sites is 1. The Morgan fingerprint density at radius 2 is 1.93 bits per heavy atom. The van der Waals surface area contributed by atoms with E-state index in [1.54, 1.807) is 23.5 Å². The Morgan fingerprint density at radius 1 is 1.14 bits per heavy atom. The summed E-state index contributed by atoms with van der Waals surface area (Å²) in [5.74, 6) is 0. The number of rotatable bonds is 0. The van der Waals surface area contributed by atoms with Crippen LogP contribution in [0.4, 0.5) is 0 Å². The highest BCUT2D eigenvalue weighted by atomic mass is 32.2. The Morgan fingerprint density at radius 3 is 2.79 bits per heavy atom. The molecule has 0 bridgehead atoms. The second-order valence-corrected chi connectivity index (χ2v) is 5.48. The quantitative estimate of drug-likeness (QED) is 0.681. The molecule has 0 N–H and O–H groups in total. The predicted octanol–water partition coefficient (Wildman–Crippen LogP) is 3.09. The zero-order chi connectivity index (χ0) is 9.54. The lowest BCUT2D eigenvalue weighted by Crippen LogP contribution is -1.90. The fourth-order valence-corrected chi connectivity index (χ4v) is 3.65. The maximum Gasteiger partial charge on any atom is 0.130 e. The summed E-state index contributed by atoms with van der Waals surface area (Å²) in [4.78, 5) is 9.23. The number of benzene rings is 1. The largest absolute Gasteiger partial charge is 0.237 e. The first-order chi connectivity index (χ1) is 6.84. The van der Waals surface area contributed by atoms with Gasteiger partial charge in [-0.1, -0.05) is 35.7 Å². The van der Waals surface area contributed by atoms with Crippen molar-refractivity contribution in [1.29, 1.82) is 0 Å². The van der Waals surface area contributed by atoms with Gasteiger partial charge in [0.25, 0.3) is 0 Å². The molecule has 3 rings (SSSR count). The fraction of sp³-hybridized carbons (Fsp3) is 0.200. The molecule has 0 atom stereocenters. The van der Waals surface area contributed by atoms with Crippen molar-refractivity contribution in [3.8, 4) is 0 Å². The molecule has 2 heterocycles. The Labute approximate surface area is 90.5 Å². The van der Waals surface area contributed by atoms with Crippen molar-refractivity contribution in [2.75, 3.05) is 5.08 Å². The number of aryl methyl sites for hydroxylation is 1. The van der Waals surface area contributed by atoms with Gasteiger partial charge >= 0.3 is 0 Å². The number of nitrogens with zero attached hydrogens (tertiary/aromatic N) is 2. The van der Waals surface area contributed by atoms with Gasteiger partial charge in [-0.3, -0.25) is 0 Å². The third-order valence-electron chi connectivity index (χ3n) is 2.23. The number of fused-ring (bicyclic) bond motifs is 2. The van der Waals surface area contributed by atoms with Gasteiger partial charge < -0.3 is 0 Å². The van der Waals surface area contributed by atoms with Gasteiger partial charge in [-0.05, 0) is 18.6 Å². The second-order valence-electron chi connectivity index (χ2n) is 3.18. The molecule has 14 heavy (non-hydrogen) atoms. The standard InChI is InChI=1S/C10H8N2S2/c1-6-3-2-4-7-8(6)12-10-9(11-7)13-5-14-10/h2-4H,5H2,1H3. The number of thioether (sulfide) groups is 2. The maximum absolute atomic E-state index is 4.63. The molecule has 0 fully saturated rings. The van der Waals surface area contributed by atoms with E-state index in [4.69, 9.17) is 0 Å². The summed E-state index contributed by atoms with van der Waals surface area (Å²) in [5, 5.41) is 3.23. The normalized spacial score (nSPS) is 14.6. The molecule has 0 amide bonds. The third-order valence-corrected chi connectivity index (χ3v) is 4.41. The number of hydrogen-bond acceptors (Lipinski definition) is 4. The van der Waals surface area contributed by atoms with E-state index in [0.29, 0.717) is 0 Å². The molecule has 70 valence electrons. The molecule has 0 spiro atoms. The van der Waals surface area contributed by atoms with Crippen LogP contribution in [-0.2, 0) is 0 Å². The summed E-state index contributed by atoms with van der Waals surface area (Å²) < 4.78 is 0. The molecule has 0 unspecified atom stereocenters. The highest BCUT2D eigenvalue weighted by Gasteiger charge is 2.16. The van der Waals surface area contributed by atoms with E-state index in [0.717, 1.165) is 26.2 Å². The number of aromatic nitrogens is 2. The van der Waals surface area contributed by atoms with Crippen molar-refractivity contribution in [2.24, 2.45) is 0 Å². The first-order valence-electron chi connectivity index (χ1n) is 4.37. The fourth-order valence-electron chi connectivity index (χ4n) is 1.51. The third kappa shape index (κ3) is 1.21. The molecule has 2 aromatic rings. The van der Waals surface area contributed by atoms with E-state index in [9.17, 15) is 0 Å². The summed E-state index contributed by atoms with van der Waals surface area (Å²) in [6, 6.07) is 6.14. The van der Waals surface area contributed by atoms with Crippen molar-refractivity contribution in [2.45, 2.75) is 17.0 Å². The average molecular weight is 220 g/mol. The molecular weight excluding hydrogens is 212 g/mol. The van der Waals surface area contributed by atoms with Gasteiger partial charge in [0.2, 0.25) is 0 Å². The van der Waals surface area contributed by atoms with Gasteiger partial charge in [-0.15, -0.1) is 0 Å². The summed E-state index contributed by atoms with van der Waals surface area (Å²) in [6.45, 7) is 2.08. The van der Waals surface area contributed by atoms with Crippen molar-refractivity contribution >= 4 is 34.6 Å². The molecule has 0 saturated heterocycles. The van der Waals surface area contributed by atoms with E-state index < -0.39 is 0 Å². The minimum Gasteiger partial charge on any atom is -0.237 e. The first kappa shape index (κ1) is 8.56. The lowest BCUT2D eigenvalue weighted by Gasteiger charge is -2.02. The SMILES string of the molecule is Cc1cccc2nc3c(nc12)SCS3. The predicted molar refractivity (Wildman–Crippen MR) is 60.9 cm³/mol. The van der Waals surface area contributed by atoms with Crippen LogP contribution < -0.4 is 0 Å². The van der Waals surface area contributed by atoms with E-state index >= 15 is 0 Å². The van der Waals surface area contributed by atoms with E-state index in [-0.39, 0.29) is 0 Å². The minimum atomic E-state index is 1.01. The summed E-state index contributed by atoms with van der Waals surface area (Å²) in [5.41, 5.74) is 3.26.